The zero-order valence-electron chi connectivity index (χ0n) is 27.2. The van der Waals surface area contributed by atoms with Crippen molar-refractivity contribution in [2.75, 3.05) is 57.6 Å². The number of hydrogen-bond acceptors (Lipinski definition) is 10. The van der Waals surface area contributed by atoms with E-state index in [0.717, 1.165) is 30.7 Å². The molecule has 0 spiro atoms. The molecule has 7 rings (SSSR count). The molecule has 14 heteroatoms. The molecule has 3 aliphatic heterocycles. The average Bonchev–Trinajstić information content (AvgIpc) is 3.84. The third kappa shape index (κ3) is 5.53. The largest absolute Gasteiger partial charge is 0.461 e. The van der Waals surface area contributed by atoms with Crippen molar-refractivity contribution in [3.05, 3.63) is 54.1 Å². The van der Waals surface area contributed by atoms with Crippen molar-refractivity contribution in [1.29, 1.82) is 5.26 Å². The molecule has 5 heterocycles. The summed E-state index contributed by atoms with van der Waals surface area (Å²) in [4.78, 5) is 28.0. The molecule has 10 nitrogen and oxygen atoms in total. The van der Waals surface area contributed by atoms with Gasteiger partial charge in [-0.05, 0) is 55.6 Å². The maximum Gasteiger partial charge on any atom is 0.319 e. The molecule has 2 aromatic heterocycles. The van der Waals surface area contributed by atoms with Gasteiger partial charge < -0.3 is 25.0 Å². The summed E-state index contributed by atoms with van der Waals surface area (Å²) in [6.07, 6.45) is 3.03. The molecular weight excluding hydrogens is 655 g/mol. The zero-order chi connectivity index (χ0) is 34.6. The number of ether oxygens (including phenoxy) is 2. The summed E-state index contributed by atoms with van der Waals surface area (Å²) in [6, 6.07) is 7.01. The van der Waals surface area contributed by atoms with Crippen LogP contribution < -0.4 is 15.4 Å². The van der Waals surface area contributed by atoms with Crippen molar-refractivity contribution in [1.82, 2.24) is 19.8 Å². The van der Waals surface area contributed by atoms with Crippen LogP contribution in [0.5, 0.6) is 6.01 Å². The van der Waals surface area contributed by atoms with Crippen LogP contribution in [0.15, 0.2) is 36.9 Å². The number of anilines is 2. The standard InChI is InChI=1S/C35H36F3N7O3S/c1-4-29(46)45-11-8-27(28(45)17-47-3)43(2)33-22-12-25(38)21(20-6-7-24(37)31-30(20)23(15-39)32(40)49-31)13-26(22)41-34(42-33)48-18-35-9-5-10-44(35)16-19(36)14-35/h4,6-7,12-13,19,27-28H,1,5,8-11,14,16-18,40H2,2-3H3/t19-,27-,28+,35+/m1/s1. The Morgan fingerprint density at radius 3 is 2.84 bits per heavy atom. The Labute approximate surface area is 285 Å². The molecule has 0 saturated carbocycles. The Hall–Kier alpha value is -4.45. The SMILES string of the molecule is C=CC(=O)N1CC[C@@H](N(C)c2nc(OC[C@@]34CCCN3C[C@H](F)C4)nc3cc(-c4ccc(F)c5sc(N)c(C#N)c45)c(F)cc23)[C@@H]1COC. The first-order chi connectivity index (χ1) is 23.6. The molecule has 1 amide bonds. The molecule has 0 bridgehead atoms. The van der Waals surface area contributed by atoms with Gasteiger partial charge in [-0.1, -0.05) is 12.6 Å². The fourth-order valence-corrected chi connectivity index (χ4v) is 8.98. The fraction of sp³-hybridized carbons (Fsp3) is 0.429. The maximum atomic E-state index is 16.3. The number of alkyl halides is 1. The van der Waals surface area contributed by atoms with Crippen LogP contribution in [0.25, 0.3) is 32.1 Å². The number of nitriles is 1. The van der Waals surface area contributed by atoms with Gasteiger partial charge in [0.1, 0.15) is 41.3 Å². The number of thiophene rings is 1. The lowest BCUT2D eigenvalue weighted by Gasteiger charge is -2.34. The van der Waals surface area contributed by atoms with Crippen molar-refractivity contribution < 1.29 is 27.4 Å². The number of carbonyl (C=O) groups excluding carboxylic acids is 1. The Bertz CT molecular complexity index is 2020. The summed E-state index contributed by atoms with van der Waals surface area (Å²) in [5, 5.41) is 10.6. The minimum Gasteiger partial charge on any atom is -0.461 e. The highest BCUT2D eigenvalue weighted by Gasteiger charge is 2.49. The van der Waals surface area contributed by atoms with Crippen LogP contribution >= 0.6 is 11.3 Å². The van der Waals surface area contributed by atoms with Crippen LogP contribution in [-0.4, -0.2) is 96.5 Å². The van der Waals surface area contributed by atoms with E-state index in [9.17, 15) is 18.8 Å². The van der Waals surface area contributed by atoms with Gasteiger partial charge in [-0.2, -0.15) is 15.2 Å². The number of hydrogen-bond donors (Lipinski definition) is 1. The third-order valence-corrected chi connectivity index (χ3v) is 11.4. The predicted molar refractivity (Wildman–Crippen MR) is 182 cm³/mol. The predicted octanol–water partition coefficient (Wildman–Crippen LogP) is 5.44. The van der Waals surface area contributed by atoms with E-state index in [1.54, 1.807) is 18.1 Å². The average molecular weight is 692 g/mol. The van der Waals surface area contributed by atoms with Crippen LogP contribution in [0.3, 0.4) is 0 Å². The number of nitrogens with zero attached hydrogens (tertiary/aromatic N) is 6. The molecule has 256 valence electrons. The first-order valence-electron chi connectivity index (χ1n) is 16.2. The summed E-state index contributed by atoms with van der Waals surface area (Å²) in [5.74, 6) is -1.04. The molecule has 49 heavy (non-hydrogen) atoms. The van der Waals surface area contributed by atoms with E-state index < -0.39 is 23.3 Å². The minimum atomic E-state index is -0.938. The van der Waals surface area contributed by atoms with Gasteiger partial charge in [-0.15, -0.1) is 11.3 Å². The minimum absolute atomic E-state index is 0.0394. The van der Waals surface area contributed by atoms with Gasteiger partial charge in [0, 0.05) is 50.0 Å². The fourth-order valence-electron chi connectivity index (χ4n) is 8.03. The van der Waals surface area contributed by atoms with Crippen LogP contribution in [0.2, 0.25) is 0 Å². The lowest BCUT2D eigenvalue weighted by Crippen LogP contribution is -2.48. The molecule has 3 aliphatic rings. The molecule has 4 atom stereocenters. The van der Waals surface area contributed by atoms with Gasteiger partial charge in [-0.3, -0.25) is 9.69 Å². The van der Waals surface area contributed by atoms with Crippen LogP contribution in [0.4, 0.5) is 24.0 Å². The number of benzene rings is 2. The molecule has 2 N–H and O–H groups in total. The van der Waals surface area contributed by atoms with Crippen molar-refractivity contribution >= 4 is 49.1 Å². The van der Waals surface area contributed by atoms with Gasteiger partial charge in [0.25, 0.3) is 0 Å². The van der Waals surface area contributed by atoms with Crippen LogP contribution in [0, 0.1) is 23.0 Å². The third-order valence-electron chi connectivity index (χ3n) is 10.3. The van der Waals surface area contributed by atoms with Gasteiger partial charge >= 0.3 is 6.01 Å². The summed E-state index contributed by atoms with van der Waals surface area (Å²) in [7, 11) is 3.39. The Balaban J connectivity index is 1.36. The Morgan fingerprint density at radius 1 is 1.27 bits per heavy atom. The summed E-state index contributed by atoms with van der Waals surface area (Å²) < 4.78 is 57.7. The number of carbonyl (C=O) groups is 1. The number of methoxy groups -OCH3 is 1. The van der Waals surface area contributed by atoms with E-state index in [1.807, 2.05) is 18.0 Å². The lowest BCUT2D eigenvalue weighted by molar-refractivity contribution is -0.127. The first kappa shape index (κ1) is 33.1. The van der Waals surface area contributed by atoms with Gasteiger partial charge in [0.05, 0.1) is 40.0 Å². The quantitative estimate of drug-likeness (QED) is 0.229. The summed E-state index contributed by atoms with van der Waals surface area (Å²) in [5.41, 5.74) is 6.43. The van der Waals surface area contributed by atoms with E-state index in [4.69, 9.17) is 25.2 Å². The second kappa shape index (κ2) is 12.8. The molecule has 0 unspecified atom stereocenters. The first-order valence-corrected chi connectivity index (χ1v) is 17.0. The second-order valence-corrected chi connectivity index (χ2v) is 14.1. The normalized spacial score (nSPS) is 23.7. The molecule has 3 fully saturated rings. The zero-order valence-corrected chi connectivity index (χ0v) is 28.0. The van der Waals surface area contributed by atoms with Crippen LogP contribution in [-0.2, 0) is 9.53 Å². The number of aromatic nitrogens is 2. The lowest BCUT2D eigenvalue weighted by atomic mass is 9.95. The number of fused-ring (bicyclic) bond motifs is 3. The van der Waals surface area contributed by atoms with E-state index in [2.05, 4.69) is 11.5 Å². The van der Waals surface area contributed by atoms with E-state index in [1.165, 1.54) is 24.3 Å². The Morgan fingerprint density at radius 2 is 2.08 bits per heavy atom. The summed E-state index contributed by atoms with van der Waals surface area (Å²) >= 11 is 0.935. The maximum absolute atomic E-state index is 16.3. The molecule has 0 aliphatic carbocycles. The number of rotatable bonds is 9. The Kier molecular flexibility index (Phi) is 8.62. The second-order valence-electron chi connectivity index (χ2n) is 13.0. The number of likely N-dealkylation sites (N-methyl/N-ethyl adjacent to an activating group) is 1. The molecule has 4 aromatic rings. The smallest absolute Gasteiger partial charge is 0.319 e. The van der Waals surface area contributed by atoms with Crippen molar-refractivity contribution in [3.8, 4) is 23.2 Å². The topological polar surface area (TPSA) is 121 Å². The highest BCUT2D eigenvalue weighted by molar-refractivity contribution is 7.23. The number of nitrogens with two attached hydrogens (primary N) is 1. The van der Waals surface area contributed by atoms with E-state index in [0.29, 0.717) is 48.2 Å². The van der Waals surface area contributed by atoms with Gasteiger partial charge in [-0.25, -0.2) is 13.2 Å². The van der Waals surface area contributed by atoms with Crippen LogP contribution in [0.1, 0.15) is 31.2 Å². The number of likely N-dealkylation sites (tertiary alicyclic amines) is 1. The highest BCUT2D eigenvalue weighted by atomic mass is 32.1. The number of amides is 1. The molecule has 3 saturated heterocycles. The monoisotopic (exact) mass is 691 g/mol. The number of halogens is 3. The molecule has 2 aromatic carbocycles. The van der Waals surface area contributed by atoms with Gasteiger partial charge in [0.15, 0.2) is 0 Å². The molecular formula is C35H36F3N7O3S. The van der Waals surface area contributed by atoms with Gasteiger partial charge in [0.2, 0.25) is 5.91 Å². The van der Waals surface area contributed by atoms with E-state index >= 15 is 4.39 Å². The van der Waals surface area contributed by atoms with Crippen molar-refractivity contribution in [3.63, 3.8) is 0 Å². The molecule has 0 radical (unpaired) electrons. The highest BCUT2D eigenvalue weighted by Crippen LogP contribution is 2.44. The van der Waals surface area contributed by atoms with Crippen molar-refractivity contribution in [2.45, 2.75) is 49.5 Å². The van der Waals surface area contributed by atoms with E-state index in [-0.39, 0.29) is 63.4 Å². The summed E-state index contributed by atoms with van der Waals surface area (Å²) in [6.45, 7) is 5.72. The number of nitrogen functional groups attached to an aromatic ring is 1. The van der Waals surface area contributed by atoms with Crippen molar-refractivity contribution in [2.24, 2.45) is 0 Å².